The zero-order valence-electron chi connectivity index (χ0n) is 18.4. The van der Waals surface area contributed by atoms with E-state index in [-0.39, 0.29) is 17.1 Å². The first-order valence-corrected chi connectivity index (χ1v) is 11.7. The Morgan fingerprint density at radius 3 is 2.47 bits per heavy atom. The van der Waals surface area contributed by atoms with Crippen LogP contribution in [0.25, 0.3) is 28.1 Å². The molecule has 0 aliphatic carbocycles. The monoisotopic (exact) mass is 470 g/mol. The summed E-state index contributed by atoms with van der Waals surface area (Å²) in [7, 11) is 0. The minimum atomic E-state index is -0.369. The van der Waals surface area contributed by atoms with E-state index in [4.69, 9.17) is 0 Å². The van der Waals surface area contributed by atoms with Crippen LogP contribution in [0.1, 0.15) is 5.56 Å². The van der Waals surface area contributed by atoms with Crippen molar-refractivity contribution in [1.82, 2.24) is 15.2 Å². The average Bonchev–Trinajstić information content (AvgIpc) is 3.19. The highest BCUT2D eigenvalue weighted by Crippen LogP contribution is 2.32. The third-order valence-corrected chi connectivity index (χ3v) is 6.83. The molecule has 0 radical (unpaired) electrons. The second-order valence-electron chi connectivity index (χ2n) is 8.05. The number of nitrogens with zero attached hydrogens (tertiary/aromatic N) is 3. The molecule has 34 heavy (non-hydrogen) atoms. The van der Waals surface area contributed by atoms with Crippen molar-refractivity contribution in [3.05, 3.63) is 77.9 Å². The number of pyridine rings is 1. The summed E-state index contributed by atoms with van der Waals surface area (Å²) in [5.74, 6) is -0.389. The van der Waals surface area contributed by atoms with Crippen LogP contribution in [0.3, 0.4) is 0 Å². The number of thioether (sulfide) groups is 1. The van der Waals surface area contributed by atoms with Crippen LogP contribution in [0, 0.1) is 0 Å². The molecule has 0 bridgehead atoms. The summed E-state index contributed by atoms with van der Waals surface area (Å²) in [6.45, 7) is 6.49. The number of rotatable bonds is 4. The molecular formula is C26H22N4O3S. The summed E-state index contributed by atoms with van der Waals surface area (Å²) in [5.41, 5.74) is 4.90. The lowest BCUT2D eigenvalue weighted by Crippen LogP contribution is -2.48. The molecule has 2 aliphatic heterocycles. The van der Waals surface area contributed by atoms with Gasteiger partial charge < -0.3 is 9.80 Å². The first kappa shape index (κ1) is 21.9. The van der Waals surface area contributed by atoms with E-state index in [0.717, 1.165) is 58.1 Å². The van der Waals surface area contributed by atoms with E-state index in [1.165, 1.54) is 6.08 Å². The largest absolute Gasteiger partial charge is 0.368 e. The summed E-state index contributed by atoms with van der Waals surface area (Å²) in [5, 5.41) is 2.90. The predicted octanol–water partition coefficient (Wildman–Crippen LogP) is 4.06. The molecule has 3 heterocycles. The fraction of sp³-hybridized carbons (Fsp3) is 0.154. The van der Waals surface area contributed by atoms with Crippen molar-refractivity contribution in [2.75, 3.05) is 31.1 Å². The molecule has 0 atom stereocenters. The number of benzene rings is 2. The second-order valence-corrected chi connectivity index (χ2v) is 9.07. The van der Waals surface area contributed by atoms with Crippen molar-refractivity contribution in [3.8, 4) is 11.1 Å². The fourth-order valence-electron chi connectivity index (χ4n) is 4.24. The molecule has 1 aromatic heterocycles. The van der Waals surface area contributed by atoms with Crippen molar-refractivity contribution in [3.63, 3.8) is 0 Å². The van der Waals surface area contributed by atoms with Gasteiger partial charge in [-0.1, -0.05) is 24.8 Å². The highest BCUT2D eigenvalue weighted by Gasteiger charge is 2.25. The van der Waals surface area contributed by atoms with Crippen LogP contribution in [0.15, 0.2) is 72.3 Å². The Hall–Kier alpha value is -3.91. The van der Waals surface area contributed by atoms with Gasteiger partial charge in [0.1, 0.15) is 0 Å². The molecule has 8 heteroatoms. The number of hydrogen-bond donors (Lipinski definition) is 1. The molecule has 170 valence electrons. The summed E-state index contributed by atoms with van der Waals surface area (Å²) >= 11 is 0.907. The van der Waals surface area contributed by atoms with E-state index in [1.807, 2.05) is 29.2 Å². The Labute approximate surface area is 201 Å². The number of imide groups is 1. The number of piperazine rings is 1. The number of hydrogen-bond acceptors (Lipinski definition) is 6. The standard InChI is InChI=1S/C26H22N4O3S/c1-2-24(31)30-13-11-29(12-14-30)19-6-4-18(5-7-19)20-9-10-27-22-8-3-17(15-21(20)22)16-23-25(32)28-26(33)34-23/h2-10,15-16H,1,11-14H2,(H,28,32,33)/b23-16+. The minimum absolute atomic E-state index is 0.0201. The van der Waals surface area contributed by atoms with Gasteiger partial charge in [0.05, 0.1) is 10.4 Å². The number of fused-ring (bicyclic) bond motifs is 1. The maximum atomic E-state index is 11.9. The zero-order valence-corrected chi connectivity index (χ0v) is 19.2. The number of carbonyl (C=O) groups is 3. The lowest BCUT2D eigenvalue weighted by molar-refractivity contribution is -0.126. The highest BCUT2D eigenvalue weighted by molar-refractivity contribution is 8.18. The normalized spacial score (nSPS) is 17.4. The molecule has 7 nitrogen and oxygen atoms in total. The van der Waals surface area contributed by atoms with E-state index in [0.29, 0.717) is 18.0 Å². The molecule has 2 saturated heterocycles. The van der Waals surface area contributed by atoms with Crippen LogP contribution in [0.5, 0.6) is 0 Å². The molecule has 0 spiro atoms. The highest BCUT2D eigenvalue weighted by atomic mass is 32.2. The summed E-state index contributed by atoms with van der Waals surface area (Å²) in [6, 6.07) is 16.2. The third-order valence-electron chi connectivity index (χ3n) is 6.01. The van der Waals surface area contributed by atoms with Crippen molar-refractivity contribution in [2.45, 2.75) is 0 Å². The van der Waals surface area contributed by atoms with Gasteiger partial charge in [-0.3, -0.25) is 24.7 Å². The fourth-order valence-corrected chi connectivity index (χ4v) is 4.93. The van der Waals surface area contributed by atoms with Crippen molar-refractivity contribution in [2.24, 2.45) is 0 Å². The predicted molar refractivity (Wildman–Crippen MR) is 135 cm³/mol. The number of anilines is 1. The van der Waals surface area contributed by atoms with E-state index in [1.54, 1.807) is 12.3 Å². The summed E-state index contributed by atoms with van der Waals surface area (Å²) in [6.07, 6.45) is 4.88. The Bertz CT molecular complexity index is 1340. The van der Waals surface area contributed by atoms with Gasteiger partial charge in [-0.05, 0) is 70.9 Å². The smallest absolute Gasteiger partial charge is 0.290 e. The van der Waals surface area contributed by atoms with Gasteiger partial charge in [-0.15, -0.1) is 0 Å². The molecule has 0 unspecified atom stereocenters. The quantitative estimate of drug-likeness (QED) is 0.579. The van der Waals surface area contributed by atoms with Crippen molar-refractivity contribution in [1.29, 1.82) is 0 Å². The lowest BCUT2D eigenvalue weighted by atomic mass is 9.99. The average molecular weight is 471 g/mol. The minimum Gasteiger partial charge on any atom is -0.368 e. The van der Waals surface area contributed by atoms with Gasteiger partial charge in [0.2, 0.25) is 5.91 Å². The maximum absolute atomic E-state index is 11.9. The van der Waals surface area contributed by atoms with Crippen LogP contribution in [-0.4, -0.2) is 53.1 Å². The van der Waals surface area contributed by atoms with Gasteiger partial charge in [0, 0.05) is 43.4 Å². The van der Waals surface area contributed by atoms with Crippen LogP contribution in [0.4, 0.5) is 10.5 Å². The van der Waals surface area contributed by atoms with E-state index >= 15 is 0 Å². The summed E-state index contributed by atoms with van der Waals surface area (Å²) < 4.78 is 0. The lowest BCUT2D eigenvalue weighted by Gasteiger charge is -2.35. The van der Waals surface area contributed by atoms with Gasteiger partial charge in [-0.25, -0.2) is 0 Å². The summed E-state index contributed by atoms with van der Waals surface area (Å²) in [4.78, 5) is 44.1. The topological polar surface area (TPSA) is 82.6 Å². The Morgan fingerprint density at radius 1 is 1.03 bits per heavy atom. The van der Waals surface area contributed by atoms with Gasteiger partial charge in [-0.2, -0.15) is 0 Å². The number of amides is 3. The van der Waals surface area contributed by atoms with E-state index in [2.05, 4.69) is 46.0 Å². The first-order valence-electron chi connectivity index (χ1n) is 10.9. The maximum Gasteiger partial charge on any atom is 0.290 e. The van der Waals surface area contributed by atoms with E-state index < -0.39 is 0 Å². The number of carbonyl (C=O) groups excluding carboxylic acids is 3. The molecule has 0 saturated carbocycles. The van der Waals surface area contributed by atoms with Gasteiger partial charge in [0.15, 0.2) is 0 Å². The molecular weight excluding hydrogens is 448 g/mol. The molecule has 1 N–H and O–H groups in total. The SMILES string of the molecule is C=CC(=O)N1CCN(c2ccc(-c3ccnc4ccc(/C=C5/SC(=O)NC5=O)cc34)cc2)CC1. The molecule has 2 fully saturated rings. The number of nitrogens with one attached hydrogen (secondary N) is 1. The Balaban J connectivity index is 1.40. The Kier molecular flexibility index (Phi) is 5.90. The zero-order chi connectivity index (χ0) is 23.7. The molecule has 3 aromatic rings. The first-order chi connectivity index (χ1) is 16.5. The van der Waals surface area contributed by atoms with Crippen LogP contribution in [-0.2, 0) is 9.59 Å². The second kappa shape index (κ2) is 9.15. The van der Waals surface area contributed by atoms with Crippen molar-refractivity contribution >= 4 is 51.5 Å². The van der Waals surface area contributed by atoms with Crippen molar-refractivity contribution < 1.29 is 14.4 Å². The van der Waals surface area contributed by atoms with Gasteiger partial charge in [0.25, 0.3) is 11.1 Å². The van der Waals surface area contributed by atoms with Crippen LogP contribution >= 0.6 is 11.8 Å². The molecule has 5 rings (SSSR count). The third kappa shape index (κ3) is 4.32. The molecule has 3 amide bonds. The number of aromatic nitrogens is 1. The van der Waals surface area contributed by atoms with E-state index in [9.17, 15) is 14.4 Å². The Morgan fingerprint density at radius 2 is 1.79 bits per heavy atom. The van der Waals surface area contributed by atoms with Gasteiger partial charge >= 0.3 is 0 Å². The molecule has 2 aromatic carbocycles. The van der Waals surface area contributed by atoms with Crippen LogP contribution in [0.2, 0.25) is 0 Å². The van der Waals surface area contributed by atoms with Crippen LogP contribution < -0.4 is 10.2 Å². The molecule has 2 aliphatic rings.